The Morgan fingerprint density at radius 2 is 1.80 bits per heavy atom. The van der Waals surface area contributed by atoms with E-state index >= 15 is 0 Å². The molecule has 1 aliphatic heterocycles. The van der Waals surface area contributed by atoms with Gasteiger partial charge in [0.25, 0.3) is 5.56 Å². The van der Waals surface area contributed by atoms with Gasteiger partial charge >= 0.3 is 11.9 Å². The van der Waals surface area contributed by atoms with E-state index in [0.717, 1.165) is 12.2 Å². The minimum Gasteiger partial charge on any atom is -0.466 e. The Morgan fingerprint density at radius 3 is 2.40 bits per heavy atom. The molecule has 1 aliphatic rings. The molecule has 0 saturated heterocycles. The summed E-state index contributed by atoms with van der Waals surface area (Å²) in [6.45, 7) is 3.79. The van der Waals surface area contributed by atoms with Gasteiger partial charge in [-0.1, -0.05) is 30.8 Å². The highest BCUT2D eigenvalue weighted by atomic mass is 32.2. The number of ether oxygens (including phenoxy) is 2. The summed E-state index contributed by atoms with van der Waals surface area (Å²) in [5.41, 5.74) is 1.90. The minimum atomic E-state index is -0.693. The van der Waals surface area contributed by atoms with Gasteiger partial charge < -0.3 is 19.8 Å². The molecule has 30 heavy (non-hydrogen) atoms. The van der Waals surface area contributed by atoms with Crippen LogP contribution in [0.1, 0.15) is 47.7 Å². The molecule has 8 nitrogen and oxygen atoms in total. The summed E-state index contributed by atoms with van der Waals surface area (Å²) in [4.78, 5) is 44.7. The van der Waals surface area contributed by atoms with E-state index in [2.05, 4.69) is 15.3 Å². The largest absolute Gasteiger partial charge is 0.466 e. The number of anilines is 1. The Bertz CT molecular complexity index is 1060. The third kappa shape index (κ3) is 4.11. The number of carbonyl (C=O) groups excluding carboxylic acids is 2. The van der Waals surface area contributed by atoms with E-state index in [-0.39, 0.29) is 5.56 Å². The zero-order valence-corrected chi connectivity index (χ0v) is 18.0. The quantitative estimate of drug-likeness (QED) is 0.410. The van der Waals surface area contributed by atoms with Crippen LogP contribution < -0.4 is 10.9 Å². The number of aromatic amines is 1. The monoisotopic (exact) mass is 429 g/mol. The molecular weight excluding hydrogens is 406 g/mol. The first-order valence-corrected chi connectivity index (χ1v) is 10.4. The molecule has 9 heteroatoms. The van der Waals surface area contributed by atoms with Crippen molar-refractivity contribution >= 4 is 29.5 Å². The molecule has 0 unspecified atom stereocenters. The van der Waals surface area contributed by atoms with Gasteiger partial charge in [0.05, 0.1) is 36.8 Å². The molecule has 2 N–H and O–H groups in total. The van der Waals surface area contributed by atoms with Gasteiger partial charge in [-0.2, -0.15) is 0 Å². The number of hydrogen-bond acceptors (Lipinski definition) is 8. The molecule has 158 valence electrons. The molecule has 0 fully saturated rings. The third-order valence-electron chi connectivity index (χ3n) is 4.73. The Hall–Kier alpha value is -3.07. The fraction of sp³-hybridized carbons (Fsp3) is 0.333. The van der Waals surface area contributed by atoms with Gasteiger partial charge in [-0.15, -0.1) is 0 Å². The first-order chi connectivity index (χ1) is 14.4. The maximum absolute atomic E-state index is 13.0. The van der Waals surface area contributed by atoms with Gasteiger partial charge in [0, 0.05) is 11.4 Å². The molecule has 0 aliphatic carbocycles. The summed E-state index contributed by atoms with van der Waals surface area (Å²) in [6, 6.07) is 6.59. The summed E-state index contributed by atoms with van der Waals surface area (Å²) in [6.07, 6.45) is 0.944. The molecule has 3 rings (SSSR count). The number of benzene rings is 1. The van der Waals surface area contributed by atoms with Gasteiger partial charge in [0.2, 0.25) is 0 Å². The van der Waals surface area contributed by atoms with E-state index in [9.17, 15) is 14.4 Å². The van der Waals surface area contributed by atoms with Crippen LogP contribution >= 0.6 is 11.8 Å². The van der Waals surface area contributed by atoms with Gasteiger partial charge in [-0.05, 0) is 31.0 Å². The lowest BCUT2D eigenvalue weighted by molar-refractivity contribution is -0.136. The van der Waals surface area contributed by atoms with Crippen molar-refractivity contribution in [1.29, 1.82) is 0 Å². The number of carbonyl (C=O) groups is 2. The smallest absolute Gasteiger partial charge is 0.337 e. The average Bonchev–Trinajstić information content (AvgIpc) is 2.75. The van der Waals surface area contributed by atoms with Crippen LogP contribution in [-0.2, 0) is 14.3 Å². The highest BCUT2D eigenvalue weighted by molar-refractivity contribution is 7.99. The van der Waals surface area contributed by atoms with Gasteiger partial charge in [0.1, 0.15) is 5.82 Å². The van der Waals surface area contributed by atoms with Gasteiger partial charge in [0.15, 0.2) is 5.16 Å². The maximum atomic E-state index is 13.0. The van der Waals surface area contributed by atoms with Crippen molar-refractivity contribution in [2.45, 2.75) is 31.3 Å². The standard InChI is InChI=1S/C21H23N3O5S/c1-5-10-30-21-23-17-16(18(25)24-21)15(14(11(2)22-17)20(27)29-4)12-6-8-13(9-7-12)19(26)28-3/h6-9,15H,5,10H2,1-4H3,(H2,22,23,24,25)/t15-/m0/s1. The van der Waals surface area contributed by atoms with Crippen molar-refractivity contribution in [2.24, 2.45) is 0 Å². The molecule has 2 aromatic rings. The van der Waals surface area contributed by atoms with E-state index in [1.165, 1.54) is 26.0 Å². The molecule has 1 aromatic carbocycles. The molecule has 0 bridgehead atoms. The Kier molecular flexibility index (Phi) is 6.61. The molecule has 2 heterocycles. The van der Waals surface area contributed by atoms with Crippen LogP contribution in [0, 0.1) is 0 Å². The molecular formula is C21H23N3O5S. The van der Waals surface area contributed by atoms with Crippen molar-refractivity contribution < 1.29 is 19.1 Å². The summed E-state index contributed by atoms with van der Waals surface area (Å²) in [7, 11) is 2.60. The highest BCUT2D eigenvalue weighted by Crippen LogP contribution is 2.40. The number of hydrogen-bond donors (Lipinski definition) is 2. The third-order valence-corrected chi connectivity index (χ3v) is 5.81. The number of rotatable bonds is 6. The molecule has 0 amide bonds. The lowest BCUT2D eigenvalue weighted by atomic mass is 9.82. The number of aromatic nitrogens is 2. The van der Waals surface area contributed by atoms with E-state index in [1.54, 1.807) is 31.2 Å². The highest BCUT2D eigenvalue weighted by Gasteiger charge is 2.36. The molecule has 0 saturated carbocycles. The predicted molar refractivity (Wildman–Crippen MR) is 114 cm³/mol. The van der Waals surface area contributed by atoms with Gasteiger partial charge in [-0.3, -0.25) is 4.79 Å². The number of methoxy groups -OCH3 is 2. The lowest BCUT2D eigenvalue weighted by Crippen LogP contribution is -2.31. The lowest BCUT2D eigenvalue weighted by Gasteiger charge is -2.28. The first-order valence-electron chi connectivity index (χ1n) is 9.42. The molecule has 0 radical (unpaired) electrons. The van der Waals surface area contributed by atoms with Crippen LogP contribution in [0.3, 0.4) is 0 Å². The summed E-state index contributed by atoms with van der Waals surface area (Å²) in [5, 5.41) is 3.60. The second-order valence-electron chi connectivity index (χ2n) is 6.68. The first kappa shape index (κ1) is 21.6. The number of thioether (sulfide) groups is 1. The predicted octanol–water partition coefficient (Wildman–Crippen LogP) is 3.06. The fourth-order valence-corrected chi connectivity index (χ4v) is 4.06. The topological polar surface area (TPSA) is 110 Å². The Labute approximate surface area is 178 Å². The zero-order valence-electron chi connectivity index (χ0n) is 17.2. The zero-order chi connectivity index (χ0) is 21.8. The van der Waals surface area contributed by atoms with Gasteiger partial charge in [-0.25, -0.2) is 14.6 Å². The molecule has 1 atom stereocenters. The number of nitrogens with zero attached hydrogens (tertiary/aromatic N) is 1. The molecule has 1 aromatic heterocycles. The number of esters is 2. The minimum absolute atomic E-state index is 0.317. The van der Waals surface area contributed by atoms with Crippen LogP contribution in [0.25, 0.3) is 0 Å². The van der Waals surface area contributed by atoms with Crippen molar-refractivity contribution in [3.63, 3.8) is 0 Å². The SMILES string of the molecule is CCCSc1nc2c(c(=O)[nH]1)[C@@H](c1ccc(C(=O)OC)cc1)C(C(=O)OC)=C(C)N2. The van der Waals surface area contributed by atoms with Crippen LogP contribution in [-0.4, -0.2) is 41.9 Å². The molecule has 0 spiro atoms. The Morgan fingerprint density at radius 1 is 1.13 bits per heavy atom. The average molecular weight is 429 g/mol. The summed E-state index contributed by atoms with van der Waals surface area (Å²) in [5.74, 6) is -0.477. The maximum Gasteiger partial charge on any atom is 0.337 e. The van der Waals surface area contributed by atoms with Crippen LogP contribution in [0.4, 0.5) is 5.82 Å². The fourth-order valence-electron chi connectivity index (χ4n) is 3.34. The van der Waals surface area contributed by atoms with Crippen molar-refractivity contribution in [3.8, 4) is 0 Å². The number of allylic oxidation sites excluding steroid dienone is 1. The normalized spacial score (nSPS) is 15.3. The second-order valence-corrected chi connectivity index (χ2v) is 7.77. The van der Waals surface area contributed by atoms with Crippen molar-refractivity contribution in [3.05, 3.63) is 62.6 Å². The van der Waals surface area contributed by atoms with E-state index < -0.39 is 17.9 Å². The van der Waals surface area contributed by atoms with E-state index in [1.807, 2.05) is 6.92 Å². The number of H-pyrrole nitrogens is 1. The van der Waals surface area contributed by atoms with Crippen molar-refractivity contribution in [2.75, 3.05) is 25.3 Å². The van der Waals surface area contributed by atoms with Crippen LogP contribution in [0.5, 0.6) is 0 Å². The second kappa shape index (κ2) is 9.17. The van der Waals surface area contributed by atoms with Crippen LogP contribution in [0.15, 0.2) is 45.5 Å². The van der Waals surface area contributed by atoms with E-state index in [0.29, 0.717) is 38.9 Å². The van der Waals surface area contributed by atoms with E-state index in [4.69, 9.17) is 9.47 Å². The summed E-state index contributed by atoms with van der Waals surface area (Å²) >= 11 is 1.46. The Balaban J connectivity index is 2.16. The number of nitrogens with one attached hydrogen (secondary N) is 2. The summed E-state index contributed by atoms with van der Waals surface area (Å²) < 4.78 is 9.71. The van der Waals surface area contributed by atoms with Crippen molar-refractivity contribution in [1.82, 2.24) is 9.97 Å². The number of fused-ring (bicyclic) bond motifs is 1. The van der Waals surface area contributed by atoms with Crippen LogP contribution in [0.2, 0.25) is 0 Å².